The topological polar surface area (TPSA) is 68.0 Å². The summed E-state index contributed by atoms with van der Waals surface area (Å²) in [5.41, 5.74) is 10.7. The molecule has 4 heteroatoms. The molecule has 4 bridgehead atoms. The highest BCUT2D eigenvalue weighted by atomic mass is 16.1. The van der Waals surface area contributed by atoms with Crippen LogP contribution in [0.1, 0.15) is 65.2 Å². The maximum atomic E-state index is 13.3. The second-order valence-electron chi connectivity index (χ2n) is 10.3. The molecule has 0 unspecified atom stereocenters. The number of aromatic nitrogens is 1. The van der Waals surface area contributed by atoms with E-state index in [4.69, 9.17) is 10.7 Å². The number of pyridine rings is 1. The minimum absolute atomic E-state index is 0.0171. The summed E-state index contributed by atoms with van der Waals surface area (Å²) in [6.07, 6.45) is 6.86. The number of benzene rings is 2. The molecule has 2 aromatic carbocycles. The van der Waals surface area contributed by atoms with E-state index in [0.29, 0.717) is 19.0 Å². The Balaban J connectivity index is 1.30. The van der Waals surface area contributed by atoms with E-state index in [-0.39, 0.29) is 5.91 Å². The standard InChI is InChI=1S/C28H31N3O/c29-15-17-5-7-18(8-6-17)16-30-28(32)24-14-26(31-25-4-2-1-3-23(24)25)27-21-10-19-9-20(12-21)13-22(27)11-19/h1-8,14,19-22,27H,9-13,15-16,29H2,(H,30,32). The van der Waals surface area contributed by atoms with Gasteiger partial charge in [-0.1, -0.05) is 42.5 Å². The van der Waals surface area contributed by atoms with Crippen LogP contribution in [0.25, 0.3) is 10.9 Å². The van der Waals surface area contributed by atoms with Crippen molar-refractivity contribution in [1.82, 2.24) is 10.3 Å². The van der Waals surface area contributed by atoms with Crippen molar-refractivity contribution < 1.29 is 4.79 Å². The van der Waals surface area contributed by atoms with Gasteiger partial charge in [0.15, 0.2) is 0 Å². The van der Waals surface area contributed by atoms with Crippen LogP contribution in [-0.4, -0.2) is 10.9 Å². The van der Waals surface area contributed by atoms with Crippen molar-refractivity contribution in [3.8, 4) is 0 Å². The lowest BCUT2D eigenvalue weighted by Crippen LogP contribution is -2.44. The summed E-state index contributed by atoms with van der Waals surface area (Å²) in [6.45, 7) is 1.04. The molecule has 0 radical (unpaired) electrons. The van der Waals surface area contributed by atoms with E-state index < -0.39 is 0 Å². The van der Waals surface area contributed by atoms with Crippen molar-refractivity contribution in [2.75, 3.05) is 0 Å². The molecular weight excluding hydrogens is 394 g/mol. The van der Waals surface area contributed by atoms with Crippen LogP contribution in [0, 0.1) is 23.7 Å². The minimum Gasteiger partial charge on any atom is -0.348 e. The fourth-order valence-corrected chi connectivity index (χ4v) is 7.03. The zero-order valence-corrected chi connectivity index (χ0v) is 18.5. The number of nitrogens with one attached hydrogen (secondary N) is 1. The first-order valence-electron chi connectivity index (χ1n) is 12.1. The van der Waals surface area contributed by atoms with E-state index in [2.05, 4.69) is 17.4 Å². The molecule has 4 aliphatic carbocycles. The molecule has 4 nitrogen and oxygen atoms in total. The van der Waals surface area contributed by atoms with Crippen molar-refractivity contribution in [3.05, 3.63) is 77.0 Å². The van der Waals surface area contributed by atoms with Gasteiger partial charge in [0.2, 0.25) is 0 Å². The smallest absolute Gasteiger partial charge is 0.252 e. The van der Waals surface area contributed by atoms with Gasteiger partial charge < -0.3 is 11.1 Å². The Morgan fingerprint density at radius 1 is 0.906 bits per heavy atom. The number of nitrogens with zero attached hydrogens (tertiary/aromatic N) is 1. The summed E-state index contributed by atoms with van der Waals surface area (Å²) in [5, 5.41) is 4.08. The number of hydrogen-bond acceptors (Lipinski definition) is 3. The van der Waals surface area contributed by atoms with E-state index in [1.54, 1.807) is 0 Å². The van der Waals surface area contributed by atoms with E-state index in [9.17, 15) is 4.79 Å². The zero-order chi connectivity index (χ0) is 21.7. The van der Waals surface area contributed by atoms with E-state index >= 15 is 0 Å². The van der Waals surface area contributed by atoms with Gasteiger partial charge in [0, 0.05) is 30.1 Å². The number of hydrogen-bond donors (Lipinski definition) is 2. The third-order valence-corrected chi connectivity index (χ3v) is 8.26. The summed E-state index contributed by atoms with van der Waals surface area (Å²) < 4.78 is 0. The second-order valence-corrected chi connectivity index (χ2v) is 10.3. The van der Waals surface area contributed by atoms with Gasteiger partial charge in [-0.15, -0.1) is 0 Å². The Morgan fingerprint density at radius 2 is 1.56 bits per heavy atom. The highest BCUT2D eigenvalue weighted by Crippen LogP contribution is 2.59. The highest BCUT2D eigenvalue weighted by Gasteiger charge is 2.49. The molecular formula is C28H31N3O. The Bertz CT molecular complexity index is 1130. The maximum Gasteiger partial charge on any atom is 0.252 e. The molecule has 0 atom stereocenters. The molecule has 0 aliphatic heterocycles. The van der Waals surface area contributed by atoms with Crippen molar-refractivity contribution in [1.29, 1.82) is 0 Å². The zero-order valence-electron chi connectivity index (χ0n) is 18.5. The van der Waals surface area contributed by atoms with Gasteiger partial charge in [0.05, 0.1) is 11.1 Å². The molecule has 1 heterocycles. The van der Waals surface area contributed by atoms with Crippen molar-refractivity contribution >= 4 is 16.8 Å². The van der Waals surface area contributed by atoms with E-state index in [0.717, 1.165) is 57.0 Å². The number of amides is 1. The summed E-state index contributed by atoms with van der Waals surface area (Å²) >= 11 is 0. The van der Waals surface area contributed by atoms with Crippen LogP contribution in [0.3, 0.4) is 0 Å². The fraction of sp³-hybridized carbons (Fsp3) is 0.429. The predicted molar refractivity (Wildman–Crippen MR) is 127 cm³/mol. The average molecular weight is 426 g/mol. The third kappa shape index (κ3) is 3.51. The van der Waals surface area contributed by atoms with Gasteiger partial charge in [0.1, 0.15) is 0 Å². The van der Waals surface area contributed by atoms with Crippen LogP contribution in [0.2, 0.25) is 0 Å². The SMILES string of the molecule is NCc1ccc(CNC(=O)c2cc(C3C4CC5CC(C4)CC3C5)nc3ccccc23)cc1. The van der Waals surface area contributed by atoms with Gasteiger partial charge in [0.25, 0.3) is 5.91 Å². The number of carbonyl (C=O) groups excluding carboxylic acids is 1. The van der Waals surface area contributed by atoms with Crippen LogP contribution in [0.5, 0.6) is 0 Å². The van der Waals surface area contributed by atoms with Crippen molar-refractivity contribution in [2.45, 2.75) is 51.1 Å². The van der Waals surface area contributed by atoms with Gasteiger partial charge in [-0.05, 0) is 79.0 Å². The summed E-state index contributed by atoms with van der Waals surface area (Å²) in [5.74, 6) is 3.86. The monoisotopic (exact) mass is 425 g/mol. The number of fused-ring (bicyclic) bond motifs is 1. The van der Waals surface area contributed by atoms with Crippen LogP contribution >= 0.6 is 0 Å². The lowest BCUT2D eigenvalue weighted by Gasteiger charge is -2.54. The molecule has 0 saturated heterocycles. The summed E-state index contributed by atoms with van der Waals surface area (Å²) in [7, 11) is 0. The molecule has 7 rings (SSSR count). The van der Waals surface area contributed by atoms with Gasteiger partial charge in [-0.25, -0.2) is 0 Å². The van der Waals surface area contributed by atoms with Crippen LogP contribution < -0.4 is 11.1 Å². The van der Waals surface area contributed by atoms with Crippen LogP contribution in [-0.2, 0) is 13.1 Å². The lowest BCUT2D eigenvalue weighted by atomic mass is 9.51. The fourth-order valence-electron chi connectivity index (χ4n) is 7.03. The number of para-hydroxylation sites is 1. The minimum atomic E-state index is -0.0171. The van der Waals surface area contributed by atoms with Gasteiger partial charge in [-0.3, -0.25) is 9.78 Å². The number of carbonyl (C=O) groups is 1. The summed E-state index contributed by atoms with van der Waals surface area (Å²) in [6, 6.07) is 18.3. The third-order valence-electron chi connectivity index (χ3n) is 8.26. The largest absolute Gasteiger partial charge is 0.348 e. The van der Waals surface area contributed by atoms with E-state index in [1.807, 2.05) is 42.5 Å². The summed E-state index contributed by atoms with van der Waals surface area (Å²) in [4.78, 5) is 18.4. The Labute approximate surface area is 189 Å². The van der Waals surface area contributed by atoms with E-state index in [1.165, 1.54) is 32.1 Å². The van der Waals surface area contributed by atoms with Gasteiger partial charge >= 0.3 is 0 Å². The second kappa shape index (κ2) is 8.00. The molecule has 4 aliphatic rings. The molecule has 4 fully saturated rings. The number of rotatable bonds is 5. The molecule has 1 amide bonds. The van der Waals surface area contributed by atoms with Crippen LogP contribution in [0.4, 0.5) is 0 Å². The first kappa shape index (κ1) is 19.9. The highest BCUT2D eigenvalue weighted by molar-refractivity contribution is 6.06. The van der Waals surface area contributed by atoms with Crippen LogP contribution in [0.15, 0.2) is 54.6 Å². The van der Waals surface area contributed by atoms with Gasteiger partial charge in [-0.2, -0.15) is 0 Å². The molecule has 1 aromatic heterocycles. The first-order valence-corrected chi connectivity index (χ1v) is 12.1. The Hall–Kier alpha value is -2.72. The predicted octanol–water partition coefficient (Wildman–Crippen LogP) is 5.16. The molecule has 3 N–H and O–H groups in total. The maximum absolute atomic E-state index is 13.3. The molecule has 32 heavy (non-hydrogen) atoms. The molecule has 0 spiro atoms. The van der Waals surface area contributed by atoms with Crippen molar-refractivity contribution in [2.24, 2.45) is 29.4 Å². The molecule has 3 aromatic rings. The molecule has 164 valence electrons. The Kier molecular flexibility index (Phi) is 4.98. The van der Waals surface area contributed by atoms with Crippen molar-refractivity contribution in [3.63, 3.8) is 0 Å². The average Bonchev–Trinajstić information content (AvgIpc) is 2.81. The quantitative estimate of drug-likeness (QED) is 0.593. The first-order chi connectivity index (χ1) is 15.7. The molecule has 4 saturated carbocycles. The normalized spacial score (nSPS) is 28.2. The number of nitrogens with two attached hydrogens (primary N) is 1. The lowest BCUT2D eigenvalue weighted by molar-refractivity contribution is -0.00407. The Morgan fingerprint density at radius 3 is 2.25 bits per heavy atom.